The van der Waals surface area contributed by atoms with E-state index in [1.807, 2.05) is 0 Å². The third-order valence-corrected chi connectivity index (χ3v) is 8.73. The van der Waals surface area contributed by atoms with Crippen LogP contribution in [0, 0.1) is 17.8 Å². The predicted octanol–water partition coefficient (Wildman–Crippen LogP) is 6.45. The summed E-state index contributed by atoms with van der Waals surface area (Å²) in [5, 5.41) is 1.60. The van der Waals surface area contributed by atoms with Crippen molar-refractivity contribution in [1.29, 1.82) is 0 Å². The van der Waals surface area contributed by atoms with Crippen molar-refractivity contribution in [2.75, 3.05) is 0 Å². The molecule has 0 bridgehead atoms. The lowest BCUT2D eigenvalue weighted by Gasteiger charge is -2.42. The van der Waals surface area contributed by atoms with Crippen LogP contribution in [0.2, 0.25) is 0 Å². The Morgan fingerprint density at radius 3 is 2.17 bits per heavy atom. The molecule has 1 saturated carbocycles. The fourth-order valence-corrected chi connectivity index (χ4v) is 7.84. The van der Waals surface area contributed by atoms with E-state index >= 15 is 0 Å². The highest BCUT2D eigenvalue weighted by atomic mass is 31.1. The third kappa shape index (κ3) is 4.28. The molecule has 1 aliphatic carbocycles. The first-order valence-electron chi connectivity index (χ1n) is 9.50. The molecule has 0 amide bonds. The summed E-state index contributed by atoms with van der Waals surface area (Å²) < 4.78 is 0. The first kappa shape index (κ1) is 17.7. The standard InChI is InChI=1S/C23H31P/c1-18(2)22-15-14-19(3)16-23(22)24(21-12-8-5-9-13-21)17-20-10-6-4-7-11-20/h4-13,18-19,22-23H,14-17H2,1-3H3/t19-,22+,23-,24?/m1/s1. The Balaban J connectivity index is 1.93. The Morgan fingerprint density at radius 1 is 0.917 bits per heavy atom. The Labute approximate surface area is 149 Å². The summed E-state index contributed by atoms with van der Waals surface area (Å²) in [6.07, 6.45) is 5.49. The smallest absolute Gasteiger partial charge is 0.00302 e. The van der Waals surface area contributed by atoms with Crippen LogP contribution in [0.15, 0.2) is 60.7 Å². The second-order valence-electron chi connectivity index (χ2n) is 7.84. The number of hydrogen-bond donors (Lipinski definition) is 0. The summed E-state index contributed by atoms with van der Waals surface area (Å²) in [5.41, 5.74) is 2.37. The zero-order valence-electron chi connectivity index (χ0n) is 15.4. The van der Waals surface area contributed by atoms with Gasteiger partial charge in [-0.05, 0) is 53.3 Å². The quantitative estimate of drug-likeness (QED) is 0.549. The van der Waals surface area contributed by atoms with Gasteiger partial charge in [0, 0.05) is 0 Å². The van der Waals surface area contributed by atoms with E-state index < -0.39 is 0 Å². The van der Waals surface area contributed by atoms with Crippen LogP contribution in [0.25, 0.3) is 0 Å². The second kappa shape index (κ2) is 8.30. The summed E-state index contributed by atoms with van der Waals surface area (Å²) in [6.45, 7) is 7.34. The van der Waals surface area contributed by atoms with E-state index in [-0.39, 0.29) is 7.92 Å². The molecule has 0 radical (unpaired) electrons. The number of rotatable bonds is 5. The fourth-order valence-electron chi connectivity index (χ4n) is 4.31. The Kier molecular flexibility index (Phi) is 6.12. The zero-order chi connectivity index (χ0) is 16.9. The van der Waals surface area contributed by atoms with E-state index in [4.69, 9.17) is 0 Å². The van der Waals surface area contributed by atoms with Crippen LogP contribution in [0.1, 0.15) is 45.6 Å². The molecule has 24 heavy (non-hydrogen) atoms. The van der Waals surface area contributed by atoms with Crippen LogP contribution < -0.4 is 5.30 Å². The van der Waals surface area contributed by atoms with Crippen LogP contribution in [0.5, 0.6) is 0 Å². The molecule has 1 unspecified atom stereocenters. The SMILES string of the molecule is CC(C)[C@@H]1CC[C@@H](C)C[C@H]1P(Cc1ccccc1)c1ccccc1. The van der Waals surface area contributed by atoms with Gasteiger partial charge in [-0.3, -0.25) is 0 Å². The maximum absolute atomic E-state index is 2.46. The van der Waals surface area contributed by atoms with Gasteiger partial charge in [-0.15, -0.1) is 0 Å². The van der Waals surface area contributed by atoms with Gasteiger partial charge in [0.25, 0.3) is 0 Å². The molecule has 2 aromatic rings. The summed E-state index contributed by atoms with van der Waals surface area (Å²) >= 11 is 0. The van der Waals surface area contributed by atoms with Crippen molar-refractivity contribution in [2.24, 2.45) is 17.8 Å². The summed E-state index contributed by atoms with van der Waals surface area (Å²) in [4.78, 5) is 0. The maximum atomic E-state index is 2.46. The van der Waals surface area contributed by atoms with Gasteiger partial charge >= 0.3 is 0 Å². The number of hydrogen-bond acceptors (Lipinski definition) is 0. The molecular formula is C23H31P. The summed E-state index contributed by atoms with van der Waals surface area (Å²) in [7, 11) is -0.149. The Hall–Kier alpha value is -1.13. The minimum absolute atomic E-state index is 0.149. The van der Waals surface area contributed by atoms with E-state index in [0.29, 0.717) is 0 Å². The average molecular weight is 338 g/mol. The van der Waals surface area contributed by atoms with Gasteiger partial charge in [0.05, 0.1) is 0 Å². The highest BCUT2D eigenvalue weighted by Gasteiger charge is 2.36. The molecule has 2 aromatic carbocycles. The largest absolute Gasteiger partial charge is 0.0674 e. The molecule has 4 atom stereocenters. The normalized spacial score (nSPS) is 25.6. The average Bonchev–Trinajstić information content (AvgIpc) is 2.61. The first-order valence-corrected chi connectivity index (χ1v) is 11.1. The van der Waals surface area contributed by atoms with Crippen LogP contribution in [-0.4, -0.2) is 5.66 Å². The van der Waals surface area contributed by atoms with Crippen molar-refractivity contribution in [2.45, 2.75) is 51.9 Å². The fraction of sp³-hybridized carbons (Fsp3) is 0.478. The molecule has 0 aromatic heterocycles. The molecule has 0 heterocycles. The van der Waals surface area contributed by atoms with E-state index in [1.165, 1.54) is 31.0 Å². The number of benzene rings is 2. The van der Waals surface area contributed by atoms with Crippen molar-refractivity contribution in [3.63, 3.8) is 0 Å². The van der Waals surface area contributed by atoms with Gasteiger partial charge in [-0.2, -0.15) is 0 Å². The molecule has 1 heteroatoms. The Bertz CT molecular complexity index is 604. The van der Waals surface area contributed by atoms with Gasteiger partial charge < -0.3 is 0 Å². The van der Waals surface area contributed by atoms with E-state index in [2.05, 4.69) is 81.4 Å². The molecule has 1 aliphatic rings. The lowest BCUT2D eigenvalue weighted by Crippen LogP contribution is -2.33. The third-order valence-electron chi connectivity index (χ3n) is 5.67. The second-order valence-corrected chi connectivity index (χ2v) is 10.3. The van der Waals surface area contributed by atoms with E-state index in [0.717, 1.165) is 23.4 Å². The molecule has 0 nitrogen and oxygen atoms in total. The summed E-state index contributed by atoms with van der Waals surface area (Å²) in [6, 6.07) is 22.5. The van der Waals surface area contributed by atoms with Gasteiger partial charge in [-0.25, -0.2) is 0 Å². The Morgan fingerprint density at radius 2 is 1.54 bits per heavy atom. The van der Waals surface area contributed by atoms with E-state index in [9.17, 15) is 0 Å². The molecule has 0 saturated heterocycles. The van der Waals surface area contributed by atoms with Gasteiger partial charge in [-0.1, -0.05) is 95.8 Å². The maximum Gasteiger partial charge on any atom is -0.00302 e. The molecule has 3 rings (SSSR count). The topological polar surface area (TPSA) is 0 Å². The van der Waals surface area contributed by atoms with Crippen LogP contribution in [0.3, 0.4) is 0 Å². The highest BCUT2D eigenvalue weighted by molar-refractivity contribution is 7.65. The van der Waals surface area contributed by atoms with Crippen molar-refractivity contribution in [3.8, 4) is 0 Å². The van der Waals surface area contributed by atoms with Gasteiger partial charge in [0.1, 0.15) is 0 Å². The van der Waals surface area contributed by atoms with Gasteiger partial charge in [0.15, 0.2) is 0 Å². The molecule has 0 spiro atoms. The zero-order valence-corrected chi connectivity index (χ0v) is 16.3. The van der Waals surface area contributed by atoms with Crippen LogP contribution >= 0.6 is 7.92 Å². The minimum atomic E-state index is -0.149. The first-order chi connectivity index (χ1) is 11.6. The molecule has 128 valence electrons. The van der Waals surface area contributed by atoms with Crippen molar-refractivity contribution >= 4 is 13.2 Å². The van der Waals surface area contributed by atoms with Crippen molar-refractivity contribution in [3.05, 3.63) is 66.2 Å². The van der Waals surface area contributed by atoms with Crippen molar-refractivity contribution in [1.82, 2.24) is 0 Å². The molecule has 0 aliphatic heterocycles. The van der Waals surface area contributed by atoms with Crippen LogP contribution in [-0.2, 0) is 6.16 Å². The predicted molar refractivity (Wildman–Crippen MR) is 108 cm³/mol. The monoisotopic (exact) mass is 338 g/mol. The lowest BCUT2D eigenvalue weighted by atomic mass is 9.77. The van der Waals surface area contributed by atoms with Crippen molar-refractivity contribution < 1.29 is 0 Å². The minimum Gasteiger partial charge on any atom is -0.0674 e. The molecule has 0 N–H and O–H groups in total. The molecular weight excluding hydrogens is 307 g/mol. The highest BCUT2D eigenvalue weighted by Crippen LogP contribution is 2.54. The van der Waals surface area contributed by atoms with E-state index in [1.54, 1.807) is 5.30 Å². The lowest BCUT2D eigenvalue weighted by molar-refractivity contribution is 0.241. The van der Waals surface area contributed by atoms with Gasteiger partial charge in [0.2, 0.25) is 0 Å². The summed E-state index contributed by atoms with van der Waals surface area (Å²) in [5.74, 6) is 2.57. The van der Waals surface area contributed by atoms with Crippen LogP contribution in [0.4, 0.5) is 0 Å². The molecule has 1 fully saturated rings.